The van der Waals surface area contributed by atoms with Crippen LogP contribution in [0, 0.1) is 0 Å². The van der Waals surface area contributed by atoms with Crippen LogP contribution in [-0.4, -0.2) is 31.8 Å². The molecule has 0 aromatic heterocycles. The third-order valence-corrected chi connectivity index (χ3v) is 6.31. The summed E-state index contributed by atoms with van der Waals surface area (Å²) in [6.07, 6.45) is 6.27. The number of rotatable bonds is 4. The van der Waals surface area contributed by atoms with Crippen molar-refractivity contribution in [3.05, 3.63) is 36.9 Å². The van der Waals surface area contributed by atoms with E-state index in [-0.39, 0.29) is 22.6 Å². The van der Waals surface area contributed by atoms with E-state index in [0.29, 0.717) is 0 Å². The summed E-state index contributed by atoms with van der Waals surface area (Å²) in [6, 6.07) is 6.65. The highest BCUT2D eigenvalue weighted by Crippen LogP contribution is 2.39. The van der Waals surface area contributed by atoms with E-state index in [1.54, 1.807) is 24.3 Å². The Morgan fingerprint density at radius 1 is 1.16 bits per heavy atom. The first kappa shape index (κ1) is 17.5. The number of sulfone groups is 1. The van der Waals surface area contributed by atoms with E-state index in [4.69, 9.17) is 11.5 Å². The van der Waals surface area contributed by atoms with E-state index in [2.05, 4.69) is 16.6 Å². The summed E-state index contributed by atoms with van der Waals surface area (Å²) in [5.41, 5.74) is 12.2. The monoisotopic (exact) mass is 361 g/mol. The molecule has 1 aliphatic carbocycles. The van der Waals surface area contributed by atoms with E-state index >= 15 is 0 Å². The zero-order valence-corrected chi connectivity index (χ0v) is 14.9. The molecule has 1 spiro atoms. The number of benzene rings is 1. The molecule has 0 atom stereocenters. The molecule has 8 heteroatoms. The number of aliphatic imine (C=N–C) groups is 2. The summed E-state index contributed by atoms with van der Waals surface area (Å²) in [4.78, 5) is 10.8. The number of hydrogen-bond donors (Lipinski definition) is 2. The predicted molar refractivity (Wildman–Crippen MR) is 100 cm³/mol. The molecule has 7 nitrogen and oxygen atoms in total. The first-order valence-electron chi connectivity index (χ1n) is 8.31. The summed E-state index contributed by atoms with van der Waals surface area (Å²) in [5.74, 6) is 0.390. The van der Waals surface area contributed by atoms with E-state index in [9.17, 15) is 8.42 Å². The van der Waals surface area contributed by atoms with E-state index in [1.807, 2.05) is 4.90 Å². The van der Waals surface area contributed by atoms with Crippen LogP contribution in [0.1, 0.15) is 32.1 Å². The van der Waals surface area contributed by atoms with Gasteiger partial charge in [0.1, 0.15) is 5.66 Å². The molecule has 1 aliphatic heterocycles. The third kappa shape index (κ3) is 3.26. The van der Waals surface area contributed by atoms with Gasteiger partial charge in [0, 0.05) is 5.69 Å². The Balaban J connectivity index is 1.99. The van der Waals surface area contributed by atoms with Gasteiger partial charge in [-0.2, -0.15) is 4.99 Å². The molecular weight excluding hydrogens is 338 g/mol. The van der Waals surface area contributed by atoms with E-state index in [1.165, 1.54) is 6.08 Å². The summed E-state index contributed by atoms with van der Waals surface area (Å²) in [7, 11) is -3.36. The van der Waals surface area contributed by atoms with Crippen LogP contribution in [-0.2, 0) is 9.84 Å². The second kappa shape index (κ2) is 6.51. The fraction of sp³-hybridized carbons (Fsp3) is 0.412. The minimum Gasteiger partial charge on any atom is -0.369 e. The van der Waals surface area contributed by atoms with E-state index in [0.717, 1.165) is 37.8 Å². The summed E-state index contributed by atoms with van der Waals surface area (Å²) < 4.78 is 24.3. The molecule has 134 valence electrons. The van der Waals surface area contributed by atoms with Crippen molar-refractivity contribution in [2.24, 2.45) is 21.5 Å². The quantitative estimate of drug-likeness (QED) is 0.793. The molecule has 1 saturated carbocycles. The zero-order valence-electron chi connectivity index (χ0n) is 14.1. The summed E-state index contributed by atoms with van der Waals surface area (Å²) >= 11 is 0. The fourth-order valence-corrected chi connectivity index (χ4v) is 4.60. The number of nitrogens with zero attached hydrogens (tertiary/aromatic N) is 3. The summed E-state index contributed by atoms with van der Waals surface area (Å²) in [6.45, 7) is 3.49. The second-order valence-electron chi connectivity index (χ2n) is 6.38. The zero-order chi connectivity index (χ0) is 18.1. The Morgan fingerprint density at radius 3 is 2.40 bits per heavy atom. The Bertz CT molecular complexity index is 821. The Kier molecular flexibility index (Phi) is 4.55. The molecule has 0 saturated heterocycles. The van der Waals surface area contributed by atoms with Gasteiger partial charge in [-0.3, -0.25) is 4.90 Å². The van der Waals surface area contributed by atoms with Crippen LogP contribution >= 0.6 is 0 Å². The van der Waals surface area contributed by atoms with E-state index < -0.39 is 15.5 Å². The first-order valence-corrected chi connectivity index (χ1v) is 9.97. The number of nitrogens with two attached hydrogens (primary N) is 2. The number of hydrogen-bond acceptors (Lipinski definition) is 7. The Morgan fingerprint density at radius 2 is 1.80 bits per heavy atom. The lowest BCUT2D eigenvalue weighted by Gasteiger charge is -2.45. The number of anilines is 1. The van der Waals surface area contributed by atoms with Crippen LogP contribution in [0.2, 0.25) is 0 Å². The SMILES string of the molecule is C=CCS(=O)(=O)c1ccc(N2C(N)=NC(N)=NC23CCCCC3)cc1. The normalized spacial score (nSPS) is 20.1. The van der Waals surface area contributed by atoms with Crippen LogP contribution in [0.3, 0.4) is 0 Å². The molecule has 1 fully saturated rings. The van der Waals surface area contributed by atoms with Crippen molar-refractivity contribution in [1.29, 1.82) is 0 Å². The minimum absolute atomic E-state index is 0.0928. The third-order valence-electron chi connectivity index (χ3n) is 4.64. The molecular formula is C17H23N5O2S. The van der Waals surface area contributed by atoms with Gasteiger partial charge in [-0.25, -0.2) is 13.4 Å². The van der Waals surface area contributed by atoms with Gasteiger partial charge in [0.2, 0.25) is 11.9 Å². The van der Waals surface area contributed by atoms with Gasteiger partial charge >= 0.3 is 0 Å². The topological polar surface area (TPSA) is 114 Å². The minimum atomic E-state index is -3.36. The van der Waals surface area contributed by atoms with Crippen LogP contribution in [0.25, 0.3) is 0 Å². The van der Waals surface area contributed by atoms with Gasteiger partial charge in [0.25, 0.3) is 0 Å². The predicted octanol–water partition coefficient (Wildman–Crippen LogP) is 1.76. The molecule has 1 heterocycles. The Hall–Kier alpha value is -2.35. The molecule has 2 aliphatic rings. The van der Waals surface area contributed by atoms with Crippen LogP contribution < -0.4 is 16.4 Å². The van der Waals surface area contributed by atoms with Crippen molar-refractivity contribution in [3.8, 4) is 0 Å². The Labute approximate surface area is 148 Å². The van der Waals surface area contributed by atoms with Gasteiger partial charge in [-0.15, -0.1) is 6.58 Å². The highest BCUT2D eigenvalue weighted by atomic mass is 32.2. The van der Waals surface area contributed by atoms with Crippen LogP contribution in [0.15, 0.2) is 51.8 Å². The molecule has 0 unspecified atom stereocenters. The van der Waals surface area contributed by atoms with Crippen molar-refractivity contribution in [2.45, 2.75) is 42.7 Å². The molecule has 1 aromatic rings. The van der Waals surface area contributed by atoms with Crippen LogP contribution in [0.5, 0.6) is 0 Å². The maximum atomic E-state index is 12.2. The summed E-state index contributed by atoms with van der Waals surface area (Å²) in [5, 5.41) is 0. The molecule has 3 rings (SSSR count). The van der Waals surface area contributed by atoms with Crippen molar-refractivity contribution in [3.63, 3.8) is 0 Å². The maximum Gasteiger partial charge on any atom is 0.220 e. The van der Waals surface area contributed by atoms with Gasteiger partial charge in [0.05, 0.1) is 10.6 Å². The van der Waals surface area contributed by atoms with Gasteiger partial charge in [-0.05, 0) is 49.9 Å². The largest absolute Gasteiger partial charge is 0.369 e. The van der Waals surface area contributed by atoms with Gasteiger partial charge in [-0.1, -0.05) is 12.5 Å². The van der Waals surface area contributed by atoms with Gasteiger partial charge < -0.3 is 11.5 Å². The average molecular weight is 361 g/mol. The fourth-order valence-electron chi connectivity index (χ4n) is 3.55. The van der Waals surface area contributed by atoms with Crippen molar-refractivity contribution >= 4 is 27.4 Å². The van der Waals surface area contributed by atoms with Crippen molar-refractivity contribution < 1.29 is 8.42 Å². The highest BCUT2D eigenvalue weighted by molar-refractivity contribution is 7.91. The average Bonchev–Trinajstić information content (AvgIpc) is 2.55. The molecule has 1 aromatic carbocycles. The maximum absolute atomic E-state index is 12.2. The highest BCUT2D eigenvalue weighted by Gasteiger charge is 2.42. The molecule has 25 heavy (non-hydrogen) atoms. The second-order valence-corrected chi connectivity index (χ2v) is 8.42. The lowest BCUT2D eigenvalue weighted by Crippen LogP contribution is -2.58. The standard InChI is InChI=1S/C17H23N5O2S/c1-2-12-25(23,24)14-8-6-13(7-9-14)22-16(19)20-15(18)21-17(22)10-4-3-5-11-17/h2,6-9H,1,3-5,10-12H2,(H4,18,19,20,21). The number of guanidine groups is 2. The molecule has 0 radical (unpaired) electrons. The molecule has 4 N–H and O–H groups in total. The van der Waals surface area contributed by atoms with Gasteiger partial charge in [0.15, 0.2) is 9.84 Å². The van der Waals surface area contributed by atoms with Crippen molar-refractivity contribution in [2.75, 3.05) is 10.7 Å². The lowest BCUT2D eigenvalue weighted by molar-refractivity contribution is 0.305. The lowest BCUT2D eigenvalue weighted by atomic mass is 9.87. The smallest absolute Gasteiger partial charge is 0.220 e. The van der Waals surface area contributed by atoms with Crippen molar-refractivity contribution in [1.82, 2.24) is 0 Å². The molecule has 0 amide bonds. The first-order chi connectivity index (χ1) is 11.9. The van der Waals surface area contributed by atoms with Crippen LogP contribution in [0.4, 0.5) is 5.69 Å². The molecule has 0 bridgehead atoms.